The molecule has 1 aliphatic carbocycles. The van der Waals surface area contributed by atoms with Crippen molar-refractivity contribution in [3.63, 3.8) is 0 Å². The van der Waals surface area contributed by atoms with Crippen molar-refractivity contribution < 1.29 is 15.0 Å². The minimum absolute atomic E-state index is 0.0881. The number of carboxylic acids is 1. The lowest BCUT2D eigenvalue weighted by atomic mass is 9.75. The fourth-order valence-corrected chi connectivity index (χ4v) is 6.01. The van der Waals surface area contributed by atoms with Gasteiger partial charge in [-0.25, -0.2) is 10.0 Å². The summed E-state index contributed by atoms with van der Waals surface area (Å²) in [5.41, 5.74) is 5.97. The van der Waals surface area contributed by atoms with Gasteiger partial charge in [0.25, 0.3) is 0 Å². The van der Waals surface area contributed by atoms with E-state index in [4.69, 9.17) is 21.8 Å². The number of hydrogen-bond donors (Lipinski definition) is 2. The molecule has 2 heterocycles. The highest BCUT2D eigenvalue weighted by atomic mass is 35.5. The first-order valence-corrected chi connectivity index (χ1v) is 13.6. The number of aryl methyl sites for hydroxylation is 2. The summed E-state index contributed by atoms with van der Waals surface area (Å²) in [7, 11) is 0. The average molecular weight is 544 g/mol. The number of nitrogens with zero attached hydrogens (tertiary/aromatic N) is 5. The van der Waals surface area contributed by atoms with Gasteiger partial charge in [0, 0.05) is 11.6 Å². The third-order valence-electron chi connectivity index (χ3n) is 7.92. The maximum absolute atomic E-state index is 11.5. The third-order valence-corrected chi connectivity index (χ3v) is 8.18. The SMILES string of the molecule is CCc1ccc(N2N=C(N3C[C@@]4(CCc5ccccc54)C(c4ccc(Cl)cc4)=N3)N(CCC(=O)O)C2O)cc1. The molecule has 0 radical (unpaired) electrons. The normalized spacial score (nSPS) is 21.9. The predicted molar refractivity (Wildman–Crippen MR) is 152 cm³/mol. The Labute approximate surface area is 232 Å². The number of aliphatic hydroxyl groups is 1. The number of aliphatic hydroxyl groups excluding tert-OH is 1. The van der Waals surface area contributed by atoms with Crippen LogP contribution >= 0.6 is 11.6 Å². The Balaban J connectivity index is 1.43. The summed E-state index contributed by atoms with van der Waals surface area (Å²) < 4.78 is 0. The van der Waals surface area contributed by atoms with E-state index in [2.05, 4.69) is 31.2 Å². The Hall–Kier alpha value is -3.88. The van der Waals surface area contributed by atoms with Crippen molar-refractivity contribution in [2.45, 2.75) is 44.4 Å². The summed E-state index contributed by atoms with van der Waals surface area (Å²) in [6.45, 7) is 2.70. The highest BCUT2D eigenvalue weighted by Gasteiger charge is 2.51. The van der Waals surface area contributed by atoms with Gasteiger partial charge in [-0.3, -0.25) is 9.69 Å². The van der Waals surface area contributed by atoms with Crippen LogP contribution in [0.25, 0.3) is 0 Å². The minimum atomic E-state index is -1.16. The van der Waals surface area contributed by atoms with Crippen LogP contribution in [0.2, 0.25) is 5.02 Å². The smallest absolute Gasteiger partial charge is 0.305 e. The number of aliphatic carboxylic acids is 1. The fraction of sp³-hybridized carbons (Fsp3) is 0.300. The van der Waals surface area contributed by atoms with Gasteiger partial charge in [0.15, 0.2) is 0 Å². The molecule has 200 valence electrons. The monoisotopic (exact) mass is 543 g/mol. The molecule has 3 aliphatic rings. The lowest BCUT2D eigenvalue weighted by Gasteiger charge is -2.30. The van der Waals surface area contributed by atoms with E-state index in [9.17, 15) is 15.0 Å². The Morgan fingerprint density at radius 3 is 2.51 bits per heavy atom. The van der Waals surface area contributed by atoms with E-state index in [0.29, 0.717) is 17.5 Å². The van der Waals surface area contributed by atoms with Crippen molar-refractivity contribution >= 4 is 34.9 Å². The Bertz CT molecular complexity index is 1460. The van der Waals surface area contributed by atoms with Gasteiger partial charge in [0.05, 0.1) is 29.8 Å². The Morgan fingerprint density at radius 2 is 1.79 bits per heavy atom. The molecule has 1 unspecified atom stereocenters. The standard InChI is InChI=1S/C30H30ClN5O3/c1-2-20-7-13-24(14-8-20)36-29(39)34(18-16-26(37)38)28(33-36)35-19-30(17-15-21-5-3-4-6-25(21)30)27(32-35)22-9-11-23(31)12-10-22/h3-14,29,39H,2,15-19H2,1H3,(H,37,38)/t29?,30-/m1/s1. The second-order valence-corrected chi connectivity index (χ2v) is 10.6. The van der Waals surface area contributed by atoms with Crippen LogP contribution in [0, 0.1) is 0 Å². The van der Waals surface area contributed by atoms with Crippen molar-refractivity contribution in [1.82, 2.24) is 9.91 Å². The van der Waals surface area contributed by atoms with E-state index < -0.39 is 12.3 Å². The van der Waals surface area contributed by atoms with E-state index in [-0.39, 0.29) is 18.4 Å². The van der Waals surface area contributed by atoms with Crippen molar-refractivity contribution in [1.29, 1.82) is 0 Å². The van der Waals surface area contributed by atoms with Gasteiger partial charge in [0.1, 0.15) is 0 Å². The van der Waals surface area contributed by atoms with Gasteiger partial charge in [-0.05, 0) is 65.8 Å². The minimum Gasteiger partial charge on any atom is -0.481 e. The first kappa shape index (κ1) is 25.4. The van der Waals surface area contributed by atoms with Gasteiger partial charge in [-0.15, -0.1) is 5.10 Å². The number of benzene rings is 3. The van der Waals surface area contributed by atoms with Crippen LogP contribution in [-0.4, -0.2) is 57.2 Å². The molecule has 0 saturated carbocycles. The number of rotatable bonds is 6. The first-order valence-electron chi connectivity index (χ1n) is 13.2. The van der Waals surface area contributed by atoms with Crippen LogP contribution in [0.5, 0.6) is 0 Å². The molecule has 0 amide bonds. The molecular formula is C30H30ClN5O3. The van der Waals surface area contributed by atoms with Crippen molar-refractivity contribution in [3.8, 4) is 0 Å². The summed E-state index contributed by atoms with van der Waals surface area (Å²) in [6, 6.07) is 24.0. The van der Waals surface area contributed by atoms with E-state index in [1.165, 1.54) is 21.7 Å². The molecule has 1 spiro atoms. The zero-order valence-corrected chi connectivity index (χ0v) is 22.4. The molecule has 39 heavy (non-hydrogen) atoms. The van der Waals surface area contributed by atoms with Crippen LogP contribution in [0.1, 0.15) is 42.0 Å². The molecule has 0 bridgehead atoms. The quantitative estimate of drug-likeness (QED) is 0.470. The average Bonchev–Trinajstić information content (AvgIpc) is 3.62. The predicted octanol–water partition coefficient (Wildman–Crippen LogP) is 4.65. The number of halogens is 1. The number of carboxylic acid groups (broad SMARTS) is 1. The van der Waals surface area contributed by atoms with Gasteiger partial charge >= 0.3 is 5.97 Å². The lowest BCUT2D eigenvalue weighted by Crippen LogP contribution is -2.48. The van der Waals surface area contributed by atoms with Crippen LogP contribution in [0.3, 0.4) is 0 Å². The summed E-state index contributed by atoms with van der Waals surface area (Å²) in [5, 5.41) is 34.7. The van der Waals surface area contributed by atoms with E-state index in [1.54, 1.807) is 4.90 Å². The molecule has 0 saturated heterocycles. The second-order valence-electron chi connectivity index (χ2n) is 10.2. The summed E-state index contributed by atoms with van der Waals surface area (Å²) in [4.78, 5) is 13.1. The van der Waals surface area contributed by atoms with Gasteiger partial charge in [-0.2, -0.15) is 5.10 Å². The molecular weight excluding hydrogens is 514 g/mol. The van der Waals surface area contributed by atoms with Crippen LogP contribution in [0.15, 0.2) is 83.0 Å². The van der Waals surface area contributed by atoms with E-state index in [1.807, 2.05) is 53.5 Å². The van der Waals surface area contributed by atoms with Crippen molar-refractivity contribution in [3.05, 3.63) is 100 Å². The number of fused-ring (bicyclic) bond motifs is 2. The maximum atomic E-state index is 11.5. The third kappa shape index (κ3) is 4.43. The van der Waals surface area contributed by atoms with Crippen LogP contribution < -0.4 is 5.01 Å². The van der Waals surface area contributed by atoms with E-state index >= 15 is 0 Å². The highest BCUT2D eigenvalue weighted by molar-refractivity contribution is 6.30. The summed E-state index contributed by atoms with van der Waals surface area (Å²) >= 11 is 6.21. The van der Waals surface area contributed by atoms with E-state index in [0.717, 1.165) is 36.2 Å². The molecule has 6 rings (SSSR count). The first-order chi connectivity index (χ1) is 18.9. The number of guanidine groups is 1. The summed E-state index contributed by atoms with van der Waals surface area (Å²) in [6.07, 6.45) is 1.42. The Morgan fingerprint density at radius 1 is 1.05 bits per heavy atom. The number of hydrogen-bond acceptors (Lipinski definition) is 7. The number of anilines is 1. The highest BCUT2D eigenvalue weighted by Crippen LogP contribution is 2.46. The number of carbonyl (C=O) groups is 1. The molecule has 3 aromatic rings. The lowest BCUT2D eigenvalue weighted by molar-refractivity contribution is -0.137. The van der Waals surface area contributed by atoms with Crippen molar-refractivity contribution in [2.24, 2.45) is 10.2 Å². The summed E-state index contributed by atoms with van der Waals surface area (Å²) in [5.74, 6) is -0.517. The molecule has 0 fully saturated rings. The Kier molecular flexibility index (Phi) is 6.53. The molecule has 9 heteroatoms. The number of hydrazone groups is 2. The topological polar surface area (TPSA) is 92.0 Å². The molecule has 8 nitrogen and oxygen atoms in total. The van der Waals surface area contributed by atoms with Crippen LogP contribution in [-0.2, 0) is 23.1 Å². The fourth-order valence-electron chi connectivity index (χ4n) is 5.89. The molecule has 2 atom stereocenters. The maximum Gasteiger partial charge on any atom is 0.305 e. The zero-order chi connectivity index (χ0) is 27.1. The van der Waals surface area contributed by atoms with Gasteiger partial charge < -0.3 is 10.2 Å². The largest absolute Gasteiger partial charge is 0.481 e. The second kappa shape index (κ2) is 10.0. The molecule has 3 aromatic carbocycles. The van der Waals surface area contributed by atoms with Gasteiger partial charge in [0.2, 0.25) is 12.3 Å². The van der Waals surface area contributed by atoms with Crippen LogP contribution in [0.4, 0.5) is 5.69 Å². The molecule has 0 aromatic heterocycles. The van der Waals surface area contributed by atoms with Crippen molar-refractivity contribution in [2.75, 3.05) is 18.1 Å². The molecule has 2 N–H and O–H groups in total. The zero-order valence-electron chi connectivity index (χ0n) is 21.7. The molecule has 2 aliphatic heterocycles. The van der Waals surface area contributed by atoms with Gasteiger partial charge in [-0.1, -0.05) is 67.1 Å².